The van der Waals surface area contributed by atoms with Crippen LogP contribution in [-0.2, 0) is 4.74 Å². The average Bonchev–Trinajstić information content (AvgIpc) is 3.00. The summed E-state index contributed by atoms with van der Waals surface area (Å²) in [4.78, 5) is 10.3. The van der Waals surface area contributed by atoms with Gasteiger partial charge in [-0.25, -0.2) is 4.79 Å². The minimum absolute atomic E-state index is 0.0325. The molecule has 5 nitrogen and oxygen atoms in total. The Morgan fingerprint density at radius 3 is 1.47 bits per heavy atom. The molecule has 0 radical (unpaired) electrons. The second-order valence-electron chi connectivity index (χ2n) is 4.97. The fourth-order valence-corrected chi connectivity index (χ4v) is 1.76. The first kappa shape index (κ1) is 18.2. The zero-order valence-corrected chi connectivity index (χ0v) is 12.8. The molecule has 3 N–H and O–H groups in total. The molecule has 1 saturated heterocycles. The van der Waals surface area contributed by atoms with Crippen LogP contribution >= 0.6 is 0 Å². The lowest BCUT2D eigenvalue weighted by molar-refractivity contribution is 0.117. The smallest absolute Gasteiger partial charge is 0.407 e. The molecule has 0 atom stereocenters. The highest BCUT2D eigenvalue weighted by molar-refractivity contribution is 5.66. The quantitative estimate of drug-likeness (QED) is 0.682. The van der Waals surface area contributed by atoms with Crippen LogP contribution < -0.4 is 16.0 Å². The Morgan fingerprint density at radius 2 is 1.32 bits per heavy atom. The Kier molecular flexibility index (Phi) is 13.0. The molecule has 5 heteroatoms. The number of nitrogens with one attached hydrogen (secondary N) is 3. The summed E-state index contributed by atoms with van der Waals surface area (Å²) in [5.41, 5.74) is 0. The van der Waals surface area contributed by atoms with Crippen molar-refractivity contribution in [2.45, 2.75) is 52.1 Å². The predicted molar refractivity (Wildman–Crippen MR) is 79.5 cm³/mol. The van der Waals surface area contributed by atoms with Gasteiger partial charge in [-0.2, -0.15) is 0 Å². The molecule has 1 saturated carbocycles. The Hall–Kier alpha value is -0.810. The largest absolute Gasteiger partial charge is 0.447 e. The average molecular weight is 273 g/mol. The fourth-order valence-electron chi connectivity index (χ4n) is 1.76. The van der Waals surface area contributed by atoms with Crippen molar-refractivity contribution in [3.8, 4) is 0 Å². The number of hydrogen-bond acceptors (Lipinski definition) is 4. The molecule has 1 aliphatic carbocycles. The van der Waals surface area contributed by atoms with Crippen LogP contribution in [-0.4, -0.2) is 45.4 Å². The topological polar surface area (TPSA) is 62.4 Å². The fraction of sp³-hybridized carbons (Fsp3) is 0.929. The van der Waals surface area contributed by atoms with Crippen molar-refractivity contribution >= 4 is 6.09 Å². The third kappa shape index (κ3) is 15.1. The highest BCUT2D eigenvalue weighted by Gasteiger charge is 1.98. The number of carbonyl (C=O) groups excluding carboxylic acids is 1. The SMILES string of the molecule is C1CCCC1.C1CNCCN1.CNC(=O)OC(C)C. The van der Waals surface area contributed by atoms with Crippen LogP contribution in [0.2, 0.25) is 0 Å². The van der Waals surface area contributed by atoms with Gasteiger partial charge in [-0.15, -0.1) is 0 Å². The molecular weight excluding hydrogens is 242 g/mol. The summed E-state index contributed by atoms with van der Waals surface area (Å²) in [5.74, 6) is 0. The van der Waals surface area contributed by atoms with Gasteiger partial charge in [-0.3, -0.25) is 0 Å². The Labute approximate surface area is 117 Å². The van der Waals surface area contributed by atoms with Gasteiger partial charge in [0.15, 0.2) is 0 Å². The lowest BCUT2D eigenvalue weighted by atomic mass is 10.4. The van der Waals surface area contributed by atoms with E-state index in [0.717, 1.165) is 26.2 Å². The molecule has 19 heavy (non-hydrogen) atoms. The summed E-state index contributed by atoms with van der Waals surface area (Å²) in [6.07, 6.45) is 7.09. The van der Waals surface area contributed by atoms with Gasteiger partial charge in [0.1, 0.15) is 0 Å². The van der Waals surface area contributed by atoms with Crippen LogP contribution in [0.25, 0.3) is 0 Å². The molecular formula is C14H31N3O2. The van der Waals surface area contributed by atoms with Crippen molar-refractivity contribution in [1.29, 1.82) is 0 Å². The van der Waals surface area contributed by atoms with Crippen molar-refractivity contribution in [1.82, 2.24) is 16.0 Å². The van der Waals surface area contributed by atoms with Crippen molar-refractivity contribution in [3.05, 3.63) is 0 Å². The van der Waals surface area contributed by atoms with E-state index in [1.807, 2.05) is 0 Å². The summed E-state index contributed by atoms with van der Waals surface area (Å²) in [7, 11) is 1.53. The first-order valence-corrected chi connectivity index (χ1v) is 7.46. The van der Waals surface area contributed by atoms with Crippen molar-refractivity contribution in [2.75, 3.05) is 33.2 Å². The Balaban J connectivity index is 0.000000262. The molecule has 0 aromatic heterocycles. The number of alkyl carbamates (subject to hydrolysis) is 1. The number of rotatable bonds is 1. The van der Waals surface area contributed by atoms with E-state index in [1.165, 1.54) is 39.2 Å². The third-order valence-corrected chi connectivity index (χ3v) is 2.75. The van der Waals surface area contributed by atoms with Crippen molar-refractivity contribution in [3.63, 3.8) is 0 Å². The number of ether oxygens (including phenoxy) is 1. The van der Waals surface area contributed by atoms with E-state index >= 15 is 0 Å². The molecule has 0 aromatic rings. The second kappa shape index (κ2) is 13.6. The zero-order chi connectivity index (χ0) is 14.3. The van der Waals surface area contributed by atoms with Crippen LogP contribution in [0, 0.1) is 0 Å². The van der Waals surface area contributed by atoms with Crippen LogP contribution in [0.5, 0.6) is 0 Å². The molecule has 1 amide bonds. The van der Waals surface area contributed by atoms with Gasteiger partial charge in [-0.1, -0.05) is 32.1 Å². The highest BCUT2D eigenvalue weighted by Crippen LogP contribution is 2.15. The van der Waals surface area contributed by atoms with Crippen LogP contribution in [0.3, 0.4) is 0 Å². The van der Waals surface area contributed by atoms with Crippen molar-refractivity contribution in [2.24, 2.45) is 0 Å². The summed E-state index contributed by atoms with van der Waals surface area (Å²) >= 11 is 0. The summed E-state index contributed by atoms with van der Waals surface area (Å²) in [6.45, 7) is 8.16. The molecule has 2 rings (SSSR count). The number of amides is 1. The molecule has 0 spiro atoms. The first-order chi connectivity index (χ1) is 9.16. The zero-order valence-electron chi connectivity index (χ0n) is 12.8. The van der Waals surface area contributed by atoms with Crippen LogP contribution in [0.1, 0.15) is 46.0 Å². The molecule has 1 aliphatic heterocycles. The molecule has 1 heterocycles. The van der Waals surface area contributed by atoms with E-state index < -0.39 is 0 Å². The van der Waals surface area contributed by atoms with E-state index in [4.69, 9.17) is 0 Å². The summed E-state index contributed by atoms with van der Waals surface area (Å²) in [5, 5.41) is 8.78. The van der Waals surface area contributed by atoms with Crippen LogP contribution in [0.4, 0.5) is 4.79 Å². The summed E-state index contributed by atoms with van der Waals surface area (Å²) in [6, 6.07) is 0. The lowest BCUT2D eigenvalue weighted by Gasteiger charge is -2.11. The standard InChI is InChI=1S/C5H11NO2.C5H10.C4H10N2/c1-4(2)8-5(7)6-3;1-2-4-5-3-1;1-2-6-4-3-5-1/h4H,1-3H3,(H,6,7);1-5H2;5-6H,1-4H2. The van der Waals surface area contributed by atoms with Crippen molar-refractivity contribution < 1.29 is 9.53 Å². The molecule has 0 aromatic carbocycles. The van der Waals surface area contributed by atoms with Gasteiger partial charge in [-0.05, 0) is 13.8 Å². The van der Waals surface area contributed by atoms with Gasteiger partial charge in [0.2, 0.25) is 0 Å². The summed E-state index contributed by atoms with van der Waals surface area (Å²) < 4.78 is 4.65. The molecule has 2 aliphatic rings. The van der Waals surface area contributed by atoms with E-state index in [1.54, 1.807) is 13.8 Å². The minimum Gasteiger partial charge on any atom is -0.447 e. The molecule has 0 bridgehead atoms. The predicted octanol–water partition coefficient (Wildman–Crippen LogP) is 1.88. The van der Waals surface area contributed by atoms with Crippen LogP contribution in [0.15, 0.2) is 0 Å². The number of hydrogen-bond donors (Lipinski definition) is 3. The van der Waals surface area contributed by atoms with E-state index in [-0.39, 0.29) is 12.2 Å². The maximum absolute atomic E-state index is 10.3. The van der Waals surface area contributed by atoms with Gasteiger partial charge in [0.25, 0.3) is 0 Å². The van der Waals surface area contributed by atoms with Gasteiger partial charge in [0, 0.05) is 33.2 Å². The monoisotopic (exact) mass is 273 g/mol. The van der Waals surface area contributed by atoms with E-state index in [9.17, 15) is 4.79 Å². The maximum atomic E-state index is 10.3. The third-order valence-electron chi connectivity index (χ3n) is 2.75. The first-order valence-electron chi connectivity index (χ1n) is 7.46. The normalized spacial score (nSPS) is 17.7. The second-order valence-corrected chi connectivity index (χ2v) is 4.97. The lowest BCUT2D eigenvalue weighted by Crippen LogP contribution is -2.39. The van der Waals surface area contributed by atoms with Gasteiger partial charge < -0.3 is 20.7 Å². The highest BCUT2D eigenvalue weighted by atomic mass is 16.6. The van der Waals surface area contributed by atoms with Gasteiger partial charge >= 0.3 is 6.09 Å². The van der Waals surface area contributed by atoms with E-state index in [0.29, 0.717) is 0 Å². The number of carbonyl (C=O) groups is 1. The van der Waals surface area contributed by atoms with E-state index in [2.05, 4.69) is 20.7 Å². The minimum atomic E-state index is -0.375. The molecule has 114 valence electrons. The Bertz CT molecular complexity index is 184. The Morgan fingerprint density at radius 1 is 0.947 bits per heavy atom. The maximum Gasteiger partial charge on any atom is 0.407 e. The molecule has 2 fully saturated rings. The molecule has 0 unspecified atom stereocenters. The van der Waals surface area contributed by atoms with Gasteiger partial charge in [0.05, 0.1) is 6.10 Å². The number of piperazine rings is 1.